The molecule has 0 aromatic heterocycles. The average Bonchev–Trinajstić information content (AvgIpc) is 3.00. The number of aryl methyl sites for hydroxylation is 2. The third-order valence-corrected chi connectivity index (χ3v) is 9.04. The third kappa shape index (κ3) is 5.16. The SMILES string of the molecule is Cc1ccc(C(c2ccc3ccccc3c2C(C)C)C(c2ccc(C)cc2)c2ccc3ccccc3c2C(C)C)cc1. The second-order valence-corrected chi connectivity index (χ2v) is 12.7. The van der Waals surface area contributed by atoms with Gasteiger partial charge >= 0.3 is 0 Å². The van der Waals surface area contributed by atoms with Crippen molar-refractivity contribution in [3.8, 4) is 0 Å². The van der Waals surface area contributed by atoms with Crippen molar-refractivity contribution in [2.75, 3.05) is 0 Å². The minimum atomic E-state index is 0.147. The van der Waals surface area contributed by atoms with Gasteiger partial charge in [0.2, 0.25) is 0 Å². The third-order valence-electron chi connectivity index (χ3n) is 9.04. The molecule has 2 unspecified atom stereocenters. The fourth-order valence-electron chi connectivity index (χ4n) is 7.11. The van der Waals surface area contributed by atoms with Gasteiger partial charge in [0.05, 0.1) is 0 Å². The number of hydrogen-bond acceptors (Lipinski definition) is 0. The molecule has 210 valence electrons. The first-order valence-electron chi connectivity index (χ1n) is 15.5. The van der Waals surface area contributed by atoms with Crippen LogP contribution in [-0.2, 0) is 0 Å². The van der Waals surface area contributed by atoms with E-state index in [-0.39, 0.29) is 11.8 Å². The molecular weight excluding hydrogens is 504 g/mol. The average molecular weight is 547 g/mol. The zero-order valence-corrected chi connectivity index (χ0v) is 25.9. The molecule has 6 rings (SSSR count). The lowest BCUT2D eigenvalue weighted by Crippen LogP contribution is -2.19. The van der Waals surface area contributed by atoms with Crippen LogP contribution in [0.5, 0.6) is 0 Å². The molecule has 0 fully saturated rings. The largest absolute Gasteiger partial charge is 0.0616 e. The molecule has 0 bridgehead atoms. The van der Waals surface area contributed by atoms with Crippen molar-refractivity contribution in [2.24, 2.45) is 0 Å². The van der Waals surface area contributed by atoms with E-state index in [1.165, 1.54) is 66.1 Å². The lowest BCUT2D eigenvalue weighted by Gasteiger charge is -2.34. The molecule has 0 aliphatic heterocycles. The van der Waals surface area contributed by atoms with Gasteiger partial charge in [0, 0.05) is 11.8 Å². The molecule has 0 spiro atoms. The first-order valence-corrected chi connectivity index (χ1v) is 15.5. The molecule has 0 nitrogen and oxygen atoms in total. The van der Waals surface area contributed by atoms with Crippen LogP contribution in [0.3, 0.4) is 0 Å². The van der Waals surface area contributed by atoms with Crippen molar-refractivity contribution >= 4 is 21.5 Å². The van der Waals surface area contributed by atoms with Crippen molar-refractivity contribution in [2.45, 2.75) is 65.2 Å². The van der Waals surface area contributed by atoms with E-state index in [4.69, 9.17) is 0 Å². The smallest absolute Gasteiger partial charge is 0.0202 e. The van der Waals surface area contributed by atoms with E-state index in [1.807, 2.05) is 0 Å². The van der Waals surface area contributed by atoms with Crippen LogP contribution in [-0.4, -0.2) is 0 Å². The Balaban J connectivity index is 1.74. The van der Waals surface area contributed by atoms with Crippen LogP contribution in [0.15, 0.2) is 121 Å². The van der Waals surface area contributed by atoms with Crippen molar-refractivity contribution in [3.05, 3.63) is 166 Å². The van der Waals surface area contributed by atoms with Gasteiger partial charge in [0.1, 0.15) is 0 Å². The van der Waals surface area contributed by atoms with Gasteiger partial charge in [-0.1, -0.05) is 160 Å². The summed E-state index contributed by atoms with van der Waals surface area (Å²) in [4.78, 5) is 0. The van der Waals surface area contributed by atoms with Gasteiger partial charge < -0.3 is 0 Å². The topological polar surface area (TPSA) is 0 Å². The van der Waals surface area contributed by atoms with Crippen molar-refractivity contribution in [1.29, 1.82) is 0 Å². The molecule has 0 heteroatoms. The van der Waals surface area contributed by atoms with Gasteiger partial charge in [0.15, 0.2) is 0 Å². The monoisotopic (exact) mass is 546 g/mol. The highest BCUT2D eigenvalue weighted by Crippen LogP contribution is 2.49. The molecule has 2 atom stereocenters. The van der Waals surface area contributed by atoms with E-state index in [9.17, 15) is 0 Å². The van der Waals surface area contributed by atoms with Crippen molar-refractivity contribution in [1.82, 2.24) is 0 Å². The lowest BCUT2D eigenvalue weighted by molar-refractivity contribution is 0.667. The molecule has 0 radical (unpaired) electrons. The Morgan fingerprint density at radius 2 is 0.738 bits per heavy atom. The van der Waals surface area contributed by atoms with Crippen LogP contribution in [0.1, 0.15) is 95.9 Å². The lowest BCUT2D eigenvalue weighted by atomic mass is 9.69. The molecule has 0 N–H and O–H groups in total. The molecule has 42 heavy (non-hydrogen) atoms. The van der Waals surface area contributed by atoms with Crippen LogP contribution in [0.2, 0.25) is 0 Å². The zero-order chi connectivity index (χ0) is 29.4. The van der Waals surface area contributed by atoms with Crippen molar-refractivity contribution < 1.29 is 0 Å². The number of hydrogen-bond donors (Lipinski definition) is 0. The first-order chi connectivity index (χ1) is 20.3. The normalized spacial score (nSPS) is 13.2. The second-order valence-electron chi connectivity index (χ2n) is 12.7. The maximum atomic E-state index is 2.43. The summed E-state index contributed by atoms with van der Waals surface area (Å²) < 4.78 is 0. The molecule has 0 aliphatic carbocycles. The minimum absolute atomic E-state index is 0.147. The Bertz CT molecular complexity index is 1700. The van der Waals surface area contributed by atoms with E-state index >= 15 is 0 Å². The molecule has 0 saturated carbocycles. The summed E-state index contributed by atoms with van der Waals surface area (Å²) in [7, 11) is 0. The standard InChI is InChI=1S/C42H42/c1-27(2)39-35-13-9-7-11-31(35)23-25-37(39)41(33-19-15-29(5)16-20-33)42(34-21-17-30(6)18-22-34)38-26-24-32-12-8-10-14-36(32)40(38)28(3)4/h7-28,41-42H,1-6H3. The zero-order valence-electron chi connectivity index (χ0n) is 25.9. The summed E-state index contributed by atoms with van der Waals surface area (Å²) in [5.74, 6) is 1.07. The Morgan fingerprint density at radius 1 is 0.381 bits per heavy atom. The first kappa shape index (κ1) is 28.0. The maximum Gasteiger partial charge on any atom is 0.0202 e. The minimum Gasteiger partial charge on any atom is -0.0616 e. The molecule has 6 aromatic carbocycles. The van der Waals surface area contributed by atoms with Gasteiger partial charge in [-0.15, -0.1) is 0 Å². The molecule has 0 heterocycles. The van der Waals surface area contributed by atoms with Gasteiger partial charge in [-0.05, 0) is 80.6 Å². The molecule has 6 aromatic rings. The highest BCUT2D eigenvalue weighted by molar-refractivity contribution is 5.89. The van der Waals surface area contributed by atoms with Gasteiger partial charge in [-0.25, -0.2) is 0 Å². The molecule has 0 saturated heterocycles. The van der Waals surface area contributed by atoms with Crippen LogP contribution in [0, 0.1) is 13.8 Å². The van der Waals surface area contributed by atoms with E-state index in [2.05, 4.69) is 163 Å². The fourth-order valence-corrected chi connectivity index (χ4v) is 7.11. The quantitative estimate of drug-likeness (QED) is 0.187. The van der Waals surface area contributed by atoms with E-state index < -0.39 is 0 Å². The summed E-state index contributed by atoms with van der Waals surface area (Å²) in [6.07, 6.45) is 0. The van der Waals surface area contributed by atoms with Gasteiger partial charge in [0.25, 0.3) is 0 Å². The Labute approximate surface area is 252 Å². The predicted octanol–water partition coefficient (Wildman–Crippen LogP) is 11.8. The van der Waals surface area contributed by atoms with Gasteiger partial charge in [-0.2, -0.15) is 0 Å². The molecule has 0 aliphatic rings. The molecule has 0 amide bonds. The summed E-state index contributed by atoms with van der Waals surface area (Å²) >= 11 is 0. The Hall–Kier alpha value is -4.16. The Kier molecular flexibility index (Phi) is 7.74. The highest BCUT2D eigenvalue weighted by atomic mass is 14.4. The summed E-state index contributed by atoms with van der Waals surface area (Å²) in [5, 5.41) is 5.36. The summed E-state index contributed by atoms with van der Waals surface area (Å²) in [6, 6.07) is 46.0. The Morgan fingerprint density at radius 3 is 1.10 bits per heavy atom. The summed E-state index contributed by atoms with van der Waals surface area (Å²) in [6.45, 7) is 13.8. The number of benzene rings is 6. The highest BCUT2D eigenvalue weighted by Gasteiger charge is 2.33. The van der Waals surface area contributed by atoms with Crippen LogP contribution in [0.4, 0.5) is 0 Å². The predicted molar refractivity (Wildman–Crippen MR) is 182 cm³/mol. The summed E-state index contributed by atoms with van der Waals surface area (Å²) in [5.41, 5.74) is 11.1. The second kappa shape index (κ2) is 11.6. The van der Waals surface area contributed by atoms with Crippen LogP contribution in [0.25, 0.3) is 21.5 Å². The van der Waals surface area contributed by atoms with E-state index in [0.717, 1.165) is 0 Å². The number of rotatable bonds is 7. The van der Waals surface area contributed by atoms with Crippen LogP contribution < -0.4 is 0 Å². The van der Waals surface area contributed by atoms with Crippen molar-refractivity contribution in [3.63, 3.8) is 0 Å². The maximum absolute atomic E-state index is 2.43. The van der Waals surface area contributed by atoms with Crippen LogP contribution >= 0.6 is 0 Å². The number of fused-ring (bicyclic) bond motifs is 2. The van der Waals surface area contributed by atoms with E-state index in [1.54, 1.807) is 0 Å². The molecular formula is C42H42. The van der Waals surface area contributed by atoms with Gasteiger partial charge in [-0.3, -0.25) is 0 Å². The fraction of sp³-hybridized carbons (Fsp3) is 0.238. The van der Waals surface area contributed by atoms with E-state index in [0.29, 0.717) is 11.8 Å².